The van der Waals surface area contributed by atoms with Crippen molar-refractivity contribution in [3.63, 3.8) is 0 Å². The topological polar surface area (TPSA) is 71.9 Å². The number of hydrogen-bond acceptors (Lipinski definition) is 4. The molecule has 0 unspecified atom stereocenters. The lowest BCUT2D eigenvalue weighted by atomic mass is 10.0. The van der Waals surface area contributed by atoms with E-state index < -0.39 is 0 Å². The number of nitrogens with two attached hydrogens (primary N) is 1. The molecular formula is C16H17N3O. The Bertz CT molecular complexity index is 669. The highest BCUT2D eigenvalue weighted by molar-refractivity contribution is 5.87. The Hall–Kier alpha value is -2.12. The number of para-hydroxylation sites is 1. The number of nitriles is 1. The Morgan fingerprint density at radius 1 is 1.30 bits per heavy atom. The van der Waals surface area contributed by atoms with E-state index in [-0.39, 0.29) is 5.54 Å². The number of pyridine rings is 1. The molecule has 0 aliphatic heterocycles. The molecule has 0 saturated heterocycles. The molecule has 4 nitrogen and oxygen atoms in total. The third kappa shape index (κ3) is 2.33. The van der Waals surface area contributed by atoms with Crippen LogP contribution in [0.3, 0.4) is 0 Å². The Morgan fingerprint density at radius 2 is 2.05 bits per heavy atom. The van der Waals surface area contributed by atoms with Gasteiger partial charge in [0.1, 0.15) is 24.0 Å². The molecule has 1 aliphatic carbocycles. The highest BCUT2D eigenvalue weighted by Crippen LogP contribution is 2.31. The SMILES string of the molecule is N#Cc1cnc2ccccc2c1OCC1(N)CCCC1. The van der Waals surface area contributed by atoms with Crippen LogP contribution in [0.2, 0.25) is 0 Å². The van der Waals surface area contributed by atoms with Gasteiger partial charge in [-0.05, 0) is 25.0 Å². The summed E-state index contributed by atoms with van der Waals surface area (Å²) in [7, 11) is 0. The van der Waals surface area contributed by atoms with E-state index in [0.717, 1.165) is 36.6 Å². The van der Waals surface area contributed by atoms with Gasteiger partial charge in [-0.3, -0.25) is 4.98 Å². The standard InChI is InChI=1S/C16H17N3O/c17-9-12-10-19-14-6-2-1-5-13(14)15(12)20-11-16(18)7-3-4-8-16/h1-2,5-6,10H,3-4,7-8,11,18H2. The first-order chi connectivity index (χ1) is 9.72. The quantitative estimate of drug-likeness (QED) is 0.928. The van der Waals surface area contributed by atoms with Crippen LogP contribution in [0, 0.1) is 11.3 Å². The number of fused-ring (bicyclic) bond motifs is 1. The molecule has 1 aromatic heterocycles. The van der Waals surface area contributed by atoms with Gasteiger partial charge in [-0.15, -0.1) is 0 Å². The highest BCUT2D eigenvalue weighted by atomic mass is 16.5. The van der Waals surface area contributed by atoms with E-state index in [1.54, 1.807) is 6.20 Å². The van der Waals surface area contributed by atoms with Crippen molar-refractivity contribution in [3.8, 4) is 11.8 Å². The van der Waals surface area contributed by atoms with Crippen LogP contribution in [0.25, 0.3) is 10.9 Å². The average molecular weight is 267 g/mol. The van der Waals surface area contributed by atoms with Crippen molar-refractivity contribution >= 4 is 10.9 Å². The largest absolute Gasteiger partial charge is 0.490 e. The van der Waals surface area contributed by atoms with E-state index >= 15 is 0 Å². The van der Waals surface area contributed by atoms with Crippen LogP contribution < -0.4 is 10.5 Å². The summed E-state index contributed by atoms with van der Waals surface area (Å²) in [6.45, 7) is 0.454. The van der Waals surface area contributed by atoms with E-state index in [0.29, 0.717) is 17.9 Å². The van der Waals surface area contributed by atoms with Crippen LogP contribution in [0.4, 0.5) is 0 Å². The fraction of sp³-hybridized carbons (Fsp3) is 0.375. The molecule has 0 radical (unpaired) electrons. The van der Waals surface area contributed by atoms with Crippen LogP contribution in [0.1, 0.15) is 31.2 Å². The van der Waals surface area contributed by atoms with Crippen LogP contribution in [0.5, 0.6) is 5.75 Å². The van der Waals surface area contributed by atoms with Crippen molar-refractivity contribution in [1.82, 2.24) is 4.98 Å². The second kappa shape index (κ2) is 5.10. The van der Waals surface area contributed by atoms with Crippen molar-refractivity contribution in [2.45, 2.75) is 31.2 Å². The van der Waals surface area contributed by atoms with Gasteiger partial charge in [0, 0.05) is 11.6 Å². The average Bonchev–Trinajstić information content (AvgIpc) is 2.91. The molecular weight excluding hydrogens is 250 g/mol. The summed E-state index contributed by atoms with van der Waals surface area (Å²) in [6.07, 6.45) is 5.84. The number of ether oxygens (including phenoxy) is 1. The maximum Gasteiger partial charge on any atom is 0.148 e. The van der Waals surface area contributed by atoms with Gasteiger partial charge >= 0.3 is 0 Å². The van der Waals surface area contributed by atoms with Gasteiger partial charge in [0.25, 0.3) is 0 Å². The van der Waals surface area contributed by atoms with Gasteiger partial charge in [0.2, 0.25) is 0 Å². The summed E-state index contributed by atoms with van der Waals surface area (Å²) in [5.74, 6) is 0.606. The van der Waals surface area contributed by atoms with Gasteiger partial charge in [-0.25, -0.2) is 0 Å². The minimum Gasteiger partial charge on any atom is -0.490 e. The number of aromatic nitrogens is 1. The van der Waals surface area contributed by atoms with Crippen LogP contribution in [-0.2, 0) is 0 Å². The zero-order valence-corrected chi connectivity index (χ0v) is 11.3. The molecule has 4 heteroatoms. The van der Waals surface area contributed by atoms with E-state index in [1.165, 1.54) is 0 Å². The monoisotopic (exact) mass is 267 g/mol. The smallest absolute Gasteiger partial charge is 0.148 e. The minimum absolute atomic E-state index is 0.253. The van der Waals surface area contributed by atoms with E-state index in [1.807, 2.05) is 24.3 Å². The first-order valence-electron chi connectivity index (χ1n) is 6.91. The molecule has 1 saturated carbocycles. The molecule has 102 valence electrons. The highest BCUT2D eigenvalue weighted by Gasteiger charge is 2.30. The molecule has 1 fully saturated rings. The molecule has 3 rings (SSSR count). The van der Waals surface area contributed by atoms with Gasteiger partial charge in [-0.2, -0.15) is 5.26 Å². The minimum atomic E-state index is -0.253. The number of nitrogens with zero attached hydrogens (tertiary/aromatic N) is 2. The Kier molecular flexibility index (Phi) is 3.29. The lowest BCUT2D eigenvalue weighted by Gasteiger charge is -2.24. The third-order valence-electron chi connectivity index (χ3n) is 3.95. The van der Waals surface area contributed by atoms with Gasteiger partial charge in [-0.1, -0.05) is 25.0 Å². The first kappa shape index (κ1) is 12.9. The molecule has 0 atom stereocenters. The molecule has 1 heterocycles. The fourth-order valence-corrected chi connectivity index (χ4v) is 2.79. The Balaban J connectivity index is 1.95. The summed E-state index contributed by atoms with van der Waals surface area (Å²) in [5, 5.41) is 10.1. The van der Waals surface area contributed by atoms with Gasteiger partial charge < -0.3 is 10.5 Å². The fourth-order valence-electron chi connectivity index (χ4n) is 2.79. The first-order valence-corrected chi connectivity index (χ1v) is 6.91. The predicted molar refractivity (Wildman–Crippen MR) is 77.3 cm³/mol. The van der Waals surface area contributed by atoms with Crippen molar-refractivity contribution in [3.05, 3.63) is 36.0 Å². The third-order valence-corrected chi connectivity index (χ3v) is 3.95. The lowest BCUT2D eigenvalue weighted by molar-refractivity contribution is 0.222. The lowest BCUT2D eigenvalue weighted by Crippen LogP contribution is -2.42. The number of benzene rings is 1. The molecule has 2 aromatic rings. The molecule has 0 bridgehead atoms. The summed E-state index contributed by atoms with van der Waals surface area (Å²) >= 11 is 0. The molecule has 1 aromatic carbocycles. The predicted octanol–water partition coefficient (Wildman–Crippen LogP) is 2.76. The van der Waals surface area contributed by atoms with Crippen LogP contribution >= 0.6 is 0 Å². The number of hydrogen-bond donors (Lipinski definition) is 1. The molecule has 1 aliphatic rings. The number of rotatable bonds is 3. The summed E-state index contributed by atoms with van der Waals surface area (Å²) in [5.41, 5.74) is 7.36. The maximum atomic E-state index is 9.23. The Labute approximate surface area is 118 Å². The second-order valence-corrected chi connectivity index (χ2v) is 5.49. The maximum absolute atomic E-state index is 9.23. The Morgan fingerprint density at radius 3 is 2.80 bits per heavy atom. The van der Waals surface area contributed by atoms with E-state index in [2.05, 4.69) is 11.1 Å². The van der Waals surface area contributed by atoms with Crippen LogP contribution in [0.15, 0.2) is 30.5 Å². The summed E-state index contributed by atoms with van der Waals surface area (Å²) < 4.78 is 5.94. The molecule has 0 amide bonds. The van der Waals surface area contributed by atoms with Crippen molar-refractivity contribution < 1.29 is 4.74 Å². The van der Waals surface area contributed by atoms with Crippen molar-refractivity contribution in [1.29, 1.82) is 5.26 Å². The van der Waals surface area contributed by atoms with E-state index in [4.69, 9.17) is 10.5 Å². The zero-order chi connectivity index (χ0) is 14.0. The molecule has 2 N–H and O–H groups in total. The summed E-state index contributed by atoms with van der Waals surface area (Å²) in [6, 6.07) is 9.83. The molecule has 20 heavy (non-hydrogen) atoms. The normalized spacial score (nSPS) is 17.0. The summed E-state index contributed by atoms with van der Waals surface area (Å²) in [4.78, 5) is 4.28. The van der Waals surface area contributed by atoms with Crippen molar-refractivity contribution in [2.75, 3.05) is 6.61 Å². The molecule has 0 spiro atoms. The van der Waals surface area contributed by atoms with Gasteiger partial charge in [0.15, 0.2) is 0 Å². The second-order valence-electron chi connectivity index (χ2n) is 5.49. The zero-order valence-electron chi connectivity index (χ0n) is 11.3. The van der Waals surface area contributed by atoms with Crippen molar-refractivity contribution in [2.24, 2.45) is 5.73 Å². The van der Waals surface area contributed by atoms with E-state index in [9.17, 15) is 5.26 Å². The van der Waals surface area contributed by atoms with Gasteiger partial charge in [0.05, 0.1) is 11.1 Å². The van der Waals surface area contributed by atoms with Crippen LogP contribution in [-0.4, -0.2) is 17.1 Å².